The van der Waals surface area contributed by atoms with E-state index >= 15 is 0 Å². The molecule has 0 aliphatic carbocycles. The lowest BCUT2D eigenvalue weighted by atomic mass is 9.77. The van der Waals surface area contributed by atoms with Gasteiger partial charge in [0.2, 0.25) is 5.88 Å². The number of amides is 1. The normalized spacial score (nSPS) is 15.7. The summed E-state index contributed by atoms with van der Waals surface area (Å²) in [5.41, 5.74) is -3.81. The second-order valence-corrected chi connectivity index (χ2v) is 8.83. The van der Waals surface area contributed by atoms with Gasteiger partial charge in [-0.2, -0.15) is 13.2 Å². The van der Waals surface area contributed by atoms with Gasteiger partial charge in [0.15, 0.2) is 17.9 Å². The van der Waals surface area contributed by atoms with Crippen LogP contribution in [0.5, 0.6) is 17.4 Å². The van der Waals surface area contributed by atoms with Crippen molar-refractivity contribution in [3.63, 3.8) is 0 Å². The van der Waals surface area contributed by atoms with E-state index in [0.29, 0.717) is 0 Å². The summed E-state index contributed by atoms with van der Waals surface area (Å²) in [6.07, 6.45) is -2.81. The van der Waals surface area contributed by atoms with Crippen LogP contribution in [0.3, 0.4) is 0 Å². The van der Waals surface area contributed by atoms with Gasteiger partial charge in [-0.25, -0.2) is 14.8 Å². The standard InChI is InChI=1S/C25H21ClF3N3O6/c1-13(16-6-5-15(9-17(16)26)38-21-11-30-18(10-31-21)23(34)36-3)24(35,25(27,28)29)14-4-7-20-19(8-14)32(2)22(33)12-37-20/h4-11,13,35H,12H2,1-3H3. The van der Waals surface area contributed by atoms with Gasteiger partial charge in [-0.15, -0.1) is 0 Å². The minimum absolute atomic E-state index is 0.00346. The third kappa shape index (κ3) is 4.84. The minimum Gasteiger partial charge on any atom is -0.482 e. The van der Waals surface area contributed by atoms with Crippen LogP contribution in [0.25, 0.3) is 0 Å². The van der Waals surface area contributed by atoms with Crippen LogP contribution in [-0.2, 0) is 15.1 Å². The Balaban J connectivity index is 1.66. The van der Waals surface area contributed by atoms with Crippen LogP contribution in [0.1, 0.15) is 34.5 Å². The van der Waals surface area contributed by atoms with Gasteiger partial charge in [-0.05, 0) is 35.4 Å². The molecule has 2 unspecified atom stereocenters. The highest BCUT2D eigenvalue weighted by Gasteiger charge is 2.59. The molecule has 13 heteroatoms. The largest absolute Gasteiger partial charge is 0.482 e. The fraction of sp³-hybridized carbons (Fsp3) is 0.280. The molecule has 0 saturated carbocycles. The third-order valence-electron chi connectivity index (χ3n) is 6.23. The number of methoxy groups -OCH3 is 1. The fourth-order valence-corrected chi connectivity index (χ4v) is 4.35. The molecule has 38 heavy (non-hydrogen) atoms. The van der Waals surface area contributed by atoms with Gasteiger partial charge in [0.1, 0.15) is 11.5 Å². The van der Waals surface area contributed by atoms with Crippen LogP contribution in [0.15, 0.2) is 48.8 Å². The number of alkyl halides is 3. The first-order valence-electron chi connectivity index (χ1n) is 11.1. The molecule has 1 aliphatic rings. The molecule has 2 heterocycles. The van der Waals surface area contributed by atoms with Crippen LogP contribution >= 0.6 is 11.6 Å². The zero-order valence-corrected chi connectivity index (χ0v) is 21.0. The Hall–Kier alpha value is -3.90. The van der Waals surface area contributed by atoms with Crippen molar-refractivity contribution in [1.82, 2.24) is 9.97 Å². The molecular formula is C25H21ClF3N3O6. The van der Waals surface area contributed by atoms with Crippen molar-refractivity contribution in [2.24, 2.45) is 0 Å². The quantitative estimate of drug-likeness (QED) is 0.442. The Morgan fingerprint density at radius 1 is 1.18 bits per heavy atom. The topological polar surface area (TPSA) is 111 Å². The molecule has 2 atom stereocenters. The molecule has 2 aromatic carbocycles. The summed E-state index contributed by atoms with van der Waals surface area (Å²) in [6.45, 7) is 0.949. The molecule has 9 nitrogen and oxygen atoms in total. The maximum atomic E-state index is 14.5. The predicted octanol–water partition coefficient (Wildman–Crippen LogP) is 4.62. The van der Waals surface area contributed by atoms with Crippen molar-refractivity contribution in [3.8, 4) is 17.4 Å². The number of aliphatic hydroxyl groups is 1. The molecule has 0 bridgehead atoms. The SMILES string of the molecule is COC(=O)c1cnc(Oc2ccc(C(C)C(O)(c3ccc4c(c3)N(C)C(=O)CO4)C(F)(F)F)c(Cl)c2)cn1. The van der Waals surface area contributed by atoms with E-state index in [1.807, 2.05) is 0 Å². The van der Waals surface area contributed by atoms with Gasteiger partial charge in [-0.3, -0.25) is 4.79 Å². The van der Waals surface area contributed by atoms with Crippen molar-refractivity contribution in [1.29, 1.82) is 0 Å². The lowest BCUT2D eigenvalue weighted by Gasteiger charge is -2.38. The number of carbonyl (C=O) groups excluding carboxylic acids is 2. The number of anilines is 1. The van der Waals surface area contributed by atoms with Gasteiger partial charge in [0.25, 0.3) is 5.91 Å². The third-order valence-corrected chi connectivity index (χ3v) is 6.56. The highest BCUT2D eigenvalue weighted by molar-refractivity contribution is 6.31. The van der Waals surface area contributed by atoms with Crippen molar-refractivity contribution in [3.05, 3.63) is 70.6 Å². The highest BCUT2D eigenvalue weighted by atomic mass is 35.5. The number of fused-ring (bicyclic) bond motifs is 1. The number of rotatable bonds is 6. The van der Waals surface area contributed by atoms with Crippen molar-refractivity contribution in [2.45, 2.75) is 24.6 Å². The van der Waals surface area contributed by atoms with Crippen LogP contribution in [-0.4, -0.2) is 53.9 Å². The lowest BCUT2D eigenvalue weighted by Crippen LogP contribution is -2.47. The molecule has 0 spiro atoms. The molecule has 4 rings (SSSR count). The molecule has 0 fully saturated rings. The molecule has 1 N–H and O–H groups in total. The van der Waals surface area contributed by atoms with Crippen LogP contribution in [0.2, 0.25) is 5.02 Å². The molecule has 200 valence electrons. The smallest absolute Gasteiger partial charge is 0.422 e. The zero-order valence-electron chi connectivity index (χ0n) is 20.2. The zero-order chi connectivity index (χ0) is 27.8. The van der Waals surface area contributed by atoms with Gasteiger partial charge in [-0.1, -0.05) is 30.7 Å². The second-order valence-electron chi connectivity index (χ2n) is 8.43. The maximum Gasteiger partial charge on any atom is 0.422 e. The van der Waals surface area contributed by atoms with E-state index in [0.717, 1.165) is 18.3 Å². The molecule has 1 aromatic heterocycles. The molecule has 1 amide bonds. The van der Waals surface area contributed by atoms with Crippen molar-refractivity contribution >= 4 is 29.2 Å². The van der Waals surface area contributed by atoms with Crippen LogP contribution < -0.4 is 14.4 Å². The number of hydrogen-bond acceptors (Lipinski definition) is 8. The summed E-state index contributed by atoms with van der Waals surface area (Å²) in [6, 6.07) is 7.40. The molecular weight excluding hydrogens is 531 g/mol. The summed E-state index contributed by atoms with van der Waals surface area (Å²) in [5.74, 6) is -2.36. The summed E-state index contributed by atoms with van der Waals surface area (Å²) in [5, 5.41) is 11.1. The average molecular weight is 552 g/mol. The molecule has 0 saturated heterocycles. The van der Waals surface area contributed by atoms with E-state index in [9.17, 15) is 27.9 Å². The van der Waals surface area contributed by atoms with E-state index in [1.165, 1.54) is 56.4 Å². The Bertz CT molecular complexity index is 1390. The lowest BCUT2D eigenvalue weighted by molar-refractivity contribution is -0.274. The van der Waals surface area contributed by atoms with Gasteiger partial charge in [0.05, 0.1) is 25.2 Å². The highest BCUT2D eigenvalue weighted by Crippen LogP contribution is 2.51. The number of ether oxygens (including phenoxy) is 3. The van der Waals surface area contributed by atoms with E-state index in [4.69, 9.17) is 21.1 Å². The summed E-state index contributed by atoms with van der Waals surface area (Å²) in [4.78, 5) is 32.4. The number of esters is 1. The number of likely N-dealkylation sites (N-methyl/N-ethyl adjacent to an activating group) is 1. The average Bonchev–Trinajstić information content (AvgIpc) is 2.89. The second kappa shape index (κ2) is 10.1. The van der Waals surface area contributed by atoms with Crippen LogP contribution in [0, 0.1) is 0 Å². The number of carbonyl (C=O) groups is 2. The number of nitrogens with zero attached hydrogens (tertiary/aromatic N) is 3. The molecule has 1 aliphatic heterocycles. The van der Waals surface area contributed by atoms with Crippen molar-refractivity contribution < 1.29 is 42.1 Å². The first-order valence-corrected chi connectivity index (χ1v) is 11.4. The number of hydrogen-bond donors (Lipinski definition) is 1. The first-order chi connectivity index (χ1) is 17.9. The number of aromatic nitrogens is 2. The summed E-state index contributed by atoms with van der Waals surface area (Å²) < 4.78 is 58.8. The van der Waals surface area contributed by atoms with E-state index in [1.54, 1.807) is 0 Å². The number of halogens is 4. The fourth-order valence-electron chi connectivity index (χ4n) is 4.02. The van der Waals surface area contributed by atoms with E-state index < -0.39 is 35.1 Å². The Morgan fingerprint density at radius 2 is 1.92 bits per heavy atom. The van der Waals surface area contributed by atoms with Crippen molar-refractivity contribution in [2.75, 3.05) is 25.7 Å². The Morgan fingerprint density at radius 3 is 2.53 bits per heavy atom. The summed E-state index contributed by atoms with van der Waals surface area (Å²) in [7, 11) is 2.60. The molecule has 3 aromatic rings. The summed E-state index contributed by atoms with van der Waals surface area (Å²) >= 11 is 6.35. The first kappa shape index (κ1) is 27.1. The van der Waals surface area contributed by atoms with E-state index in [2.05, 4.69) is 14.7 Å². The van der Waals surface area contributed by atoms with Gasteiger partial charge >= 0.3 is 12.1 Å². The van der Waals surface area contributed by atoms with Crippen LogP contribution in [0.4, 0.5) is 18.9 Å². The minimum atomic E-state index is -5.12. The Labute approximate surface area is 219 Å². The van der Waals surface area contributed by atoms with Gasteiger partial charge < -0.3 is 24.2 Å². The van der Waals surface area contributed by atoms with Gasteiger partial charge in [0, 0.05) is 18.0 Å². The monoisotopic (exact) mass is 551 g/mol. The van der Waals surface area contributed by atoms with E-state index in [-0.39, 0.29) is 46.0 Å². The maximum absolute atomic E-state index is 14.5. The predicted molar refractivity (Wildman–Crippen MR) is 129 cm³/mol. The number of benzene rings is 2. The Kier molecular flexibility index (Phi) is 7.22. The molecule has 0 radical (unpaired) electrons.